The van der Waals surface area contributed by atoms with E-state index in [4.69, 9.17) is 10.5 Å². The van der Waals surface area contributed by atoms with Gasteiger partial charge in [-0.25, -0.2) is 4.98 Å². The van der Waals surface area contributed by atoms with E-state index in [0.717, 1.165) is 5.69 Å². The Hall–Kier alpha value is -1.46. The van der Waals surface area contributed by atoms with Crippen molar-refractivity contribution in [1.29, 1.82) is 0 Å². The lowest BCUT2D eigenvalue weighted by Crippen LogP contribution is -2.01. The summed E-state index contributed by atoms with van der Waals surface area (Å²) in [4.78, 5) is 8.12. The maximum absolute atomic E-state index is 5.52. The highest BCUT2D eigenvalue weighted by Gasteiger charge is 2.04. The molecule has 72 valence electrons. The number of hydrogen-bond acceptors (Lipinski definition) is 5. The molecule has 0 aliphatic carbocycles. The highest BCUT2D eigenvalue weighted by atomic mass is 32.1. The van der Waals surface area contributed by atoms with Crippen LogP contribution >= 0.6 is 11.3 Å². The van der Waals surface area contributed by atoms with Gasteiger partial charge in [-0.2, -0.15) is 0 Å². The second-order valence-corrected chi connectivity index (χ2v) is 3.41. The van der Waals surface area contributed by atoms with Crippen LogP contribution in [0.1, 0.15) is 5.69 Å². The highest BCUT2D eigenvalue weighted by molar-refractivity contribution is 7.11. The topological polar surface area (TPSA) is 61.0 Å². The van der Waals surface area contributed by atoms with Crippen molar-refractivity contribution in [3.8, 4) is 10.9 Å². The van der Waals surface area contributed by atoms with Crippen LogP contribution < -0.4 is 10.5 Å². The minimum atomic E-state index is 0.363. The number of pyridine rings is 1. The molecule has 0 bridgehead atoms. The van der Waals surface area contributed by atoms with Gasteiger partial charge in [-0.05, 0) is 12.1 Å². The Morgan fingerprint density at radius 2 is 2.29 bits per heavy atom. The zero-order chi connectivity index (χ0) is 9.80. The van der Waals surface area contributed by atoms with Gasteiger partial charge < -0.3 is 10.5 Å². The van der Waals surface area contributed by atoms with E-state index in [-0.39, 0.29) is 0 Å². The van der Waals surface area contributed by atoms with Crippen LogP contribution in [0.25, 0.3) is 0 Å². The van der Waals surface area contributed by atoms with Gasteiger partial charge in [0, 0.05) is 24.3 Å². The minimum Gasteiger partial charge on any atom is -0.429 e. The van der Waals surface area contributed by atoms with Crippen molar-refractivity contribution in [2.45, 2.75) is 6.54 Å². The average molecular weight is 207 g/mol. The Balaban J connectivity index is 2.24. The lowest BCUT2D eigenvalue weighted by atomic mass is 10.3. The highest BCUT2D eigenvalue weighted by Crippen LogP contribution is 2.24. The molecule has 0 aliphatic rings. The zero-order valence-electron chi connectivity index (χ0n) is 7.38. The normalized spacial score (nSPS) is 10.1. The van der Waals surface area contributed by atoms with Crippen LogP contribution in [0.5, 0.6) is 10.9 Å². The molecule has 0 spiro atoms. The Kier molecular flexibility index (Phi) is 2.71. The first-order valence-electron chi connectivity index (χ1n) is 4.11. The summed E-state index contributed by atoms with van der Waals surface area (Å²) in [6.07, 6.45) is 3.38. The average Bonchev–Trinajstić information content (AvgIpc) is 2.71. The molecule has 2 N–H and O–H groups in total. The molecule has 0 unspecified atom stereocenters. The fraction of sp³-hybridized carbons (Fsp3) is 0.111. The smallest absolute Gasteiger partial charge is 0.278 e. The SMILES string of the molecule is NCc1ncccc1Oc1nccs1. The molecular formula is C9H9N3OS. The van der Waals surface area contributed by atoms with Crippen molar-refractivity contribution in [2.75, 3.05) is 0 Å². The van der Waals surface area contributed by atoms with Gasteiger partial charge in [-0.15, -0.1) is 0 Å². The molecule has 4 nitrogen and oxygen atoms in total. The number of nitrogens with zero attached hydrogens (tertiary/aromatic N) is 2. The largest absolute Gasteiger partial charge is 0.429 e. The van der Waals surface area contributed by atoms with Crippen LogP contribution in [0.4, 0.5) is 0 Å². The fourth-order valence-corrected chi connectivity index (χ4v) is 1.52. The zero-order valence-corrected chi connectivity index (χ0v) is 8.20. The van der Waals surface area contributed by atoms with Crippen LogP contribution in [0.15, 0.2) is 29.9 Å². The van der Waals surface area contributed by atoms with E-state index >= 15 is 0 Å². The number of ether oxygens (including phenoxy) is 1. The Labute approximate surface area is 85.4 Å². The van der Waals surface area contributed by atoms with Crippen molar-refractivity contribution < 1.29 is 4.74 Å². The second-order valence-electron chi connectivity index (χ2n) is 2.55. The van der Waals surface area contributed by atoms with E-state index in [2.05, 4.69) is 9.97 Å². The molecule has 2 aromatic heterocycles. The maximum Gasteiger partial charge on any atom is 0.278 e. The van der Waals surface area contributed by atoms with Crippen LogP contribution in [0, 0.1) is 0 Å². The van der Waals surface area contributed by atoms with Gasteiger partial charge in [0.15, 0.2) is 5.75 Å². The number of nitrogens with two attached hydrogens (primary N) is 1. The van der Waals surface area contributed by atoms with Gasteiger partial charge >= 0.3 is 0 Å². The standard InChI is InChI=1S/C9H9N3OS/c10-6-7-8(2-1-3-11-7)13-9-12-4-5-14-9/h1-5H,6,10H2. The van der Waals surface area contributed by atoms with Gasteiger partial charge in [-0.3, -0.25) is 4.98 Å². The number of hydrogen-bond donors (Lipinski definition) is 1. The van der Waals surface area contributed by atoms with E-state index in [1.165, 1.54) is 11.3 Å². The molecule has 0 fully saturated rings. The monoisotopic (exact) mass is 207 g/mol. The first kappa shape index (κ1) is 9.11. The lowest BCUT2D eigenvalue weighted by molar-refractivity contribution is 0.469. The van der Waals surface area contributed by atoms with Crippen molar-refractivity contribution in [2.24, 2.45) is 5.73 Å². The van der Waals surface area contributed by atoms with Gasteiger partial charge in [0.2, 0.25) is 0 Å². The molecule has 0 atom stereocenters. The van der Waals surface area contributed by atoms with Crippen molar-refractivity contribution >= 4 is 11.3 Å². The first-order valence-corrected chi connectivity index (χ1v) is 4.99. The van der Waals surface area contributed by atoms with E-state index < -0.39 is 0 Å². The van der Waals surface area contributed by atoms with Crippen LogP contribution in [-0.4, -0.2) is 9.97 Å². The van der Waals surface area contributed by atoms with Gasteiger partial charge in [0.05, 0.1) is 5.69 Å². The molecule has 0 saturated heterocycles. The third-order valence-electron chi connectivity index (χ3n) is 1.65. The Morgan fingerprint density at radius 1 is 1.36 bits per heavy atom. The van der Waals surface area contributed by atoms with Gasteiger partial charge in [-0.1, -0.05) is 11.3 Å². The summed E-state index contributed by atoms with van der Waals surface area (Å²) in [7, 11) is 0. The van der Waals surface area contributed by atoms with Gasteiger partial charge in [0.25, 0.3) is 5.19 Å². The summed E-state index contributed by atoms with van der Waals surface area (Å²) in [6.45, 7) is 0.363. The van der Waals surface area contributed by atoms with Crippen LogP contribution in [0.2, 0.25) is 0 Å². The molecule has 0 saturated carbocycles. The van der Waals surface area contributed by atoms with E-state index in [0.29, 0.717) is 17.5 Å². The molecule has 0 radical (unpaired) electrons. The van der Waals surface area contributed by atoms with Crippen molar-refractivity contribution in [3.63, 3.8) is 0 Å². The summed E-state index contributed by atoms with van der Waals surface area (Å²) in [6, 6.07) is 3.64. The molecule has 0 aromatic carbocycles. The second kappa shape index (κ2) is 4.17. The molecule has 2 heterocycles. The minimum absolute atomic E-state index is 0.363. The Bertz CT molecular complexity index is 402. The molecule has 14 heavy (non-hydrogen) atoms. The molecule has 2 aromatic rings. The third kappa shape index (κ3) is 1.89. The van der Waals surface area contributed by atoms with E-state index in [1.54, 1.807) is 12.4 Å². The van der Waals surface area contributed by atoms with E-state index in [9.17, 15) is 0 Å². The fourth-order valence-electron chi connectivity index (χ4n) is 1.02. The predicted octanol–water partition coefficient (Wildman–Crippen LogP) is 1.79. The quantitative estimate of drug-likeness (QED) is 0.833. The number of aromatic nitrogens is 2. The van der Waals surface area contributed by atoms with E-state index in [1.807, 2.05) is 17.5 Å². The molecule has 0 aliphatic heterocycles. The molecular weight excluding hydrogens is 198 g/mol. The predicted molar refractivity (Wildman–Crippen MR) is 54.3 cm³/mol. The molecule has 5 heteroatoms. The van der Waals surface area contributed by atoms with Gasteiger partial charge in [0.1, 0.15) is 0 Å². The number of rotatable bonds is 3. The maximum atomic E-state index is 5.52. The molecule has 0 amide bonds. The summed E-state index contributed by atoms with van der Waals surface area (Å²) in [5.41, 5.74) is 6.26. The number of thiazole rings is 1. The summed E-state index contributed by atoms with van der Waals surface area (Å²) >= 11 is 1.44. The molecule has 2 rings (SSSR count). The first-order chi connectivity index (χ1) is 6.90. The Morgan fingerprint density at radius 3 is 3.00 bits per heavy atom. The van der Waals surface area contributed by atoms with Crippen LogP contribution in [0.3, 0.4) is 0 Å². The van der Waals surface area contributed by atoms with Crippen LogP contribution in [-0.2, 0) is 6.54 Å². The third-order valence-corrected chi connectivity index (χ3v) is 2.30. The van der Waals surface area contributed by atoms with Crippen molar-refractivity contribution in [3.05, 3.63) is 35.6 Å². The summed E-state index contributed by atoms with van der Waals surface area (Å²) in [5.74, 6) is 0.671. The summed E-state index contributed by atoms with van der Waals surface area (Å²) < 4.78 is 5.51. The van der Waals surface area contributed by atoms with Crippen molar-refractivity contribution in [1.82, 2.24) is 9.97 Å². The summed E-state index contributed by atoms with van der Waals surface area (Å²) in [5, 5.41) is 2.46. The lowest BCUT2D eigenvalue weighted by Gasteiger charge is -2.04.